The molecule has 0 spiro atoms. The number of hydrogen-bond acceptors (Lipinski definition) is 2. The lowest BCUT2D eigenvalue weighted by Gasteiger charge is -2.12. The molecule has 0 aromatic carbocycles. The Morgan fingerprint density at radius 3 is 2.44 bits per heavy atom. The Kier molecular flexibility index (Phi) is 3.97. The van der Waals surface area contributed by atoms with Gasteiger partial charge in [0.25, 0.3) is 0 Å². The van der Waals surface area contributed by atoms with Crippen LogP contribution >= 0.6 is 23.9 Å². The van der Waals surface area contributed by atoms with Crippen molar-refractivity contribution in [2.75, 3.05) is 0 Å². The third-order valence-electron chi connectivity index (χ3n) is 1.25. The first-order chi connectivity index (χ1) is 4.04. The molecule has 0 fully saturated rings. The van der Waals surface area contributed by atoms with Crippen molar-refractivity contribution < 1.29 is 13.1 Å². The Morgan fingerprint density at radius 2 is 2.33 bits per heavy atom. The summed E-state index contributed by atoms with van der Waals surface area (Å²) < 4.78 is 15.0. The van der Waals surface area contributed by atoms with Gasteiger partial charge in [0, 0.05) is 0 Å². The van der Waals surface area contributed by atoms with Gasteiger partial charge in [-0.1, -0.05) is 13.8 Å². The van der Waals surface area contributed by atoms with E-state index in [2.05, 4.69) is 19.9 Å². The average molecular weight is 217 g/mol. The SMILES string of the molecule is CCC(C)P(=O)(O)OBr. The summed E-state index contributed by atoms with van der Waals surface area (Å²) in [6.07, 6.45) is 0.638. The van der Waals surface area contributed by atoms with Gasteiger partial charge in [0.15, 0.2) is 0 Å². The molecule has 5 heteroatoms. The molecule has 2 atom stereocenters. The number of halogens is 1. The fraction of sp³-hybridized carbons (Fsp3) is 1.00. The molecule has 0 rings (SSSR count). The molecule has 0 radical (unpaired) electrons. The van der Waals surface area contributed by atoms with Crippen molar-refractivity contribution in [2.24, 2.45) is 0 Å². The first kappa shape index (κ1) is 9.63. The van der Waals surface area contributed by atoms with E-state index in [-0.39, 0.29) is 5.66 Å². The predicted molar refractivity (Wildman–Crippen MR) is 39.6 cm³/mol. The molecule has 0 saturated carbocycles. The molecule has 9 heavy (non-hydrogen) atoms. The summed E-state index contributed by atoms with van der Waals surface area (Å²) in [5, 5.41) is 0. The monoisotopic (exact) mass is 216 g/mol. The second-order valence-corrected chi connectivity index (χ2v) is 4.91. The van der Waals surface area contributed by atoms with Gasteiger partial charge in [-0.25, -0.2) is 3.62 Å². The Morgan fingerprint density at radius 1 is 1.89 bits per heavy atom. The predicted octanol–water partition coefficient (Wildman–Crippen LogP) is 2.30. The minimum atomic E-state index is -3.35. The number of rotatable bonds is 3. The zero-order chi connectivity index (χ0) is 7.49. The van der Waals surface area contributed by atoms with E-state index in [1.807, 2.05) is 6.92 Å². The Labute approximate surface area is 63.4 Å². The minimum Gasteiger partial charge on any atom is -0.324 e. The highest BCUT2D eigenvalue weighted by atomic mass is 79.9. The van der Waals surface area contributed by atoms with Gasteiger partial charge in [-0.2, -0.15) is 0 Å². The quantitative estimate of drug-likeness (QED) is 0.737. The summed E-state index contributed by atoms with van der Waals surface area (Å²) in [7, 11) is -3.35. The Balaban J connectivity index is 3.98. The molecular formula is C4H10BrO3P. The van der Waals surface area contributed by atoms with E-state index in [0.29, 0.717) is 6.42 Å². The molecule has 0 aliphatic rings. The maximum atomic E-state index is 10.8. The topological polar surface area (TPSA) is 46.5 Å². The van der Waals surface area contributed by atoms with Crippen molar-refractivity contribution in [2.45, 2.75) is 25.9 Å². The van der Waals surface area contributed by atoms with E-state index < -0.39 is 7.60 Å². The Bertz CT molecular complexity index is 127. The molecule has 0 saturated heterocycles. The zero-order valence-electron chi connectivity index (χ0n) is 5.37. The van der Waals surface area contributed by atoms with Crippen molar-refractivity contribution in [1.29, 1.82) is 0 Å². The molecule has 3 nitrogen and oxygen atoms in total. The first-order valence-electron chi connectivity index (χ1n) is 2.67. The molecule has 0 aromatic heterocycles. The molecule has 0 aliphatic heterocycles. The standard InChI is InChI=1S/C4H10BrO3P/c1-3-4(2)9(6,7)8-5/h4H,3H2,1-2H3,(H,6,7). The van der Waals surface area contributed by atoms with E-state index in [4.69, 9.17) is 4.89 Å². The van der Waals surface area contributed by atoms with Gasteiger partial charge in [-0.05, 0) is 6.42 Å². The smallest absolute Gasteiger partial charge is 0.324 e. The molecular weight excluding hydrogens is 207 g/mol. The van der Waals surface area contributed by atoms with Gasteiger partial charge < -0.3 is 4.89 Å². The molecule has 1 N–H and O–H groups in total. The summed E-state index contributed by atoms with van der Waals surface area (Å²) in [6.45, 7) is 3.50. The highest BCUT2D eigenvalue weighted by molar-refractivity contribution is 9.06. The molecule has 2 unspecified atom stereocenters. The largest absolute Gasteiger partial charge is 0.341 e. The fourth-order valence-electron chi connectivity index (χ4n) is 0.299. The maximum absolute atomic E-state index is 10.8. The molecule has 0 aliphatic carbocycles. The fourth-order valence-corrected chi connectivity index (χ4v) is 1.75. The van der Waals surface area contributed by atoms with E-state index in [1.54, 1.807) is 6.92 Å². The number of hydrogen-bond donors (Lipinski definition) is 1. The van der Waals surface area contributed by atoms with Gasteiger partial charge >= 0.3 is 7.60 Å². The summed E-state index contributed by atoms with van der Waals surface area (Å²) in [5.41, 5.74) is -0.295. The van der Waals surface area contributed by atoms with Crippen molar-refractivity contribution >= 4 is 23.9 Å². The van der Waals surface area contributed by atoms with Crippen LogP contribution in [0, 0.1) is 0 Å². The van der Waals surface area contributed by atoms with Crippen LogP contribution in [-0.2, 0) is 8.18 Å². The van der Waals surface area contributed by atoms with E-state index in [9.17, 15) is 4.57 Å². The second-order valence-electron chi connectivity index (χ2n) is 1.89. The van der Waals surface area contributed by atoms with Crippen LogP contribution in [0.2, 0.25) is 0 Å². The molecule has 0 heterocycles. The third kappa shape index (κ3) is 2.80. The van der Waals surface area contributed by atoms with Crippen LogP contribution in [0.5, 0.6) is 0 Å². The van der Waals surface area contributed by atoms with E-state index >= 15 is 0 Å². The highest BCUT2D eigenvalue weighted by Gasteiger charge is 2.25. The Hall–Kier alpha value is 0.630. The lowest BCUT2D eigenvalue weighted by Crippen LogP contribution is -2.00. The van der Waals surface area contributed by atoms with Crippen molar-refractivity contribution in [1.82, 2.24) is 0 Å². The van der Waals surface area contributed by atoms with Gasteiger partial charge in [0.1, 0.15) is 16.3 Å². The normalized spacial score (nSPS) is 20.9. The lowest BCUT2D eigenvalue weighted by molar-refractivity contribution is 0.393. The van der Waals surface area contributed by atoms with Crippen LogP contribution in [0.3, 0.4) is 0 Å². The van der Waals surface area contributed by atoms with Crippen LogP contribution in [0.4, 0.5) is 0 Å². The van der Waals surface area contributed by atoms with Crippen LogP contribution in [0.15, 0.2) is 0 Å². The summed E-state index contributed by atoms with van der Waals surface area (Å²) >= 11 is 2.50. The van der Waals surface area contributed by atoms with Crippen LogP contribution < -0.4 is 0 Å². The van der Waals surface area contributed by atoms with Gasteiger partial charge in [-0.3, -0.25) is 4.57 Å². The summed E-state index contributed by atoms with van der Waals surface area (Å²) in [5.74, 6) is 0. The summed E-state index contributed by atoms with van der Waals surface area (Å²) in [6, 6.07) is 0. The van der Waals surface area contributed by atoms with Crippen molar-refractivity contribution in [3.8, 4) is 0 Å². The molecule has 0 aromatic rings. The van der Waals surface area contributed by atoms with Gasteiger partial charge in [0.2, 0.25) is 0 Å². The van der Waals surface area contributed by atoms with E-state index in [1.165, 1.54) is 0 Å². The zero-order valence-corrected chi connectivity index (χ0v) is 7.85. The van der Waals surface area contributed by atoms with Crippen LogP contribution in [0.25, 0.3) is 0 Å². The van der Waals surface area contributed by atoms with Crippen LogP contribution in [-0.4, -0.2) is 10.6 Å². The minimum absolute atomic E-state index is 0.295. The maximum Gasteiger partial charge on any atom is 0.341 e. The van der Waals surface area contributed by atoms with Gasteiger partial charge in [-0.15, -0.1) is 0 Å². The highest BCUT2D eigenvalue weighted by Crippen LogP contribution is 2.50. The molecule has 0 bridgehead atoms. The summed E-state index contributed by atoms with van der Waals surface area (Å²) in [4.78, 5) is 8.88. The third-order valence-corrected chi connectivity index (χ3v) is 4.17. The molecule has 56 valence electrons. The van der Waals surface area contributed by atoms with Crippen LogP contribution in [0.1, 0.15) is 20.3 Å². The van der Waals surface area contributed by atoms with Crippen molar-refractivity contribution in [3.05, 3.63) is 0 Å². The van der Waals surface area contributed by atoms with Gasteiger partial charge in [0.05, 0.1) is 5.66 Å². The first-order valence-corrected chi connectivity index (χ1v) is 4.96. The van der Waals surface area contributed by atoms with Crippen molar-refractivity contribution in [3.63, 3.8) is 0 Å². The second kappa shape index (κ2) is 3.71. The van der Waals surface area contributed by atoms with E-state index in [0.717, 1.165) is 0 Å². The molecule has 0 amide bonds. The average Bonchev–Trinajstić information content (AvgIpc) is 1.86. The lowest BCUT2D eigenvalue weighted by atomic mass is 10.4.